The van der Waals surface area contributed by atoms with Crippen LogP contribution in [-0.4, -0.2) is 10.9 Å². The van der Waals surface area contributed by atoms with Crippen molar-refractivity contribution in [3.63, 3.8) is 0 Å². The average Bonchev–Trinajstić information content (AvgIpc) is 2.58. The van der Waals surface area contributed by atoms with Crippen molar-refractivity contribution in [1.82, 2.24) is 10.3 Å². The molecule has 134 valence electrons. The van der Waals surface area contributed by atoms with Gasteiger partial charge in [-0.05, 0) is 42.2 Å². The van der Waals surface area contributed by atoms with Crippen molar-refractivity contribution in [3.05, 3.63) is 65.5 Å². The lowest BCUT2D eigenvalue weighted by Crippen LogP contribution is -2.32. The van der Waals surface area contributed by atoms with E-state index >= 15 is 0 Å². The molecular formula is C19H21F3N2O. The van der Waals surface area contributed by atoms with E-state index in [4.69, 9.17) is 0 Å². The van der Waals surface area contributed by atoms with Crippen molar-refractivity contribution < 1.29 is 18.0 Å². The molecule has 0 saturated carbocycles. The van der Waals surface area contributed by atoms with Gasteiger partial charge in [-0.1, -0.05) is 32.0 Å². The number of aryl methyl sites for hydroxylation is 1. The van der Waals surface area contributed by atoms with Crippen molar-refractivity contribution in [2.24, 2.45) is 5.92 Å². The summed E-state index contributed by atoms with van der Waals surface area (Å²) in [6, 6.07) is 10.1. The van der Waals surface area contributed by atoms with Crippen molar-refractivity contribution >= 4 is 5.91 Å². The molecule has 0 radical (unpaired) electrons. The van der Waals surface area contributed by atoms with Crippen LogP contribution in [0.2, 0.25) is 0 Å². The van der Waals surface area contributed by atoms with Crippen LogP contribution >= 0.6 is 0 Å². The van der Waals surface area contributed by atoms with Crippen LogP contribution < -0.4 is 5.32 Å². The quantitative estimate of drug-likeness (QED) is 0.831. The molecule has 2 rings (SSSR count). The molecule has 6 heteroatoms. The minimum atomic E-state index is -4.40. The Bertz CT molecular complexity index is 699. The Morgan fingerprint density at radius 1 is 1.16 bits per heavy atom. The van der Waals surface area contributed by atoms with Crippen molar-refractivity contribution in [3.8, 4) is 0 Å². The zero-order valence-corrected chi connectivity index (χ0v) is 14.2. The topological polar surface area (TPSA) is 42.0 Å². The molecular weight excluding hydrogens is 329 g/mol. The van der Waals surface area contributed by atoms with Gasteiger partial charge in [0.25, 0.3) is 0 Å². The molecule has 25 heavy (non-hydrogen) atoms. The van der Waals surface area contributed by atoms with E-state index in [1.54, 1.807) is 18.3 Å². The number of aromatic nitrogens is 1. The maximum Gasteiger partial charge on any atom is 0.416 e. The Labute approximate surface area is 145 Å². The van der Waals surface area contributed by atoms with Crippen LogP contribution in [0, 0.1) is 5.92 Å². The summed E-state index contributed by atoms with van der Waals surface area (Å²) in [6.45, 7) is 3.73. The Morgan fingerprint density at radius 3 is 2.52 bits per heavy atom. The lowest BCUT2D eigenvalue weighted by atomic mass is 9.94. The lowest BCUT2D eigenvalue weighted by Gasteiger charge is -2.24. The molecule has 0 aliphatic rings. The highest BCUT2D eigenvalue weighted by Crippen LogP contribution is 2.32. The number of hydrogen-bond donors (Lipinski definition) is 1. The first-order valence-corrected chi connectivity index (χ1v) is 8.14. The third-order valence-electron chi connectivity index (χ3n) is 3.89. The van der Waals surface area contributed by atoms with Gasteiger partial charge in [0.15, 0.2) is 0 Å². The Morgan fingerprint density at radius 2 is 1.92 bits per heavy atom. The molecule has 3 nitrogen and oxygen atoms in total. The molecule has 0 fully saturated rings. The third kappa shape index (κ3) is 5.59. The fourth-order valence-electron chi connectivity index (χ4n) is 2.58. The van der Waals surface area contributed by atoms with Gasteiger partial charge >= 0.3 is 6.18 Å². The Hall–Kier alpha value is -2.37. The summed E-state index contributed by atoms with van der Waals surface area (Å²) in [7, 11) is 0. The first-order valence-electron chi connectivity index (χ1n) is 8.14. The van der Waals surface area contributed by atoms with Crippen LogP contribution in [0.15, 0.2) is 48.7 Å². The third-order valence-corrected chi connectivity index (χ3v) is 3.89. The van der Waals surface area contributed by atoms with Crippen molar-refractivity contribution in [2.75, 3.05) is 0 Å². The molecule has 1 atom stereocenters. The number of alkyl halides is 3. The summed E-state index contributed by atoms with van der Waals surface area (Å²) in [5.74, 6) is -0.246. The average molecular weight is 350 g/mol. The van der Waals surface area contributed by atoms with Gasteiger partial charge in [-0.2, -0.15) is 13.2 Å². The summed E-state index contributed by atoms with van der Waals surface area (Å²) < 4.78 is 38.7. The molecule has 0 aliphatic carbocycles. The number of halogens is 3. The molecule has 1 N–H and O–H groups in total. The van der Waals surface area contributed by atoms with Gasteiger partial charge in [-0.25, -0.2) is 0 Å². The Kier molecular flexibility index (Phi) is 6.17. The van der Waals surface area contributed by atoms with E-state index in [1.165, 1.54) is 6.07 Å². The van der Waals surface area contributed by atoms with Gasteiger partial charge in [0.1, 0.15) is 0 Å². The van der Waals surface area contributed by atoms with Crippen LogP contribution in [0.5, 0.6) is 0 Å². The molecule has 1 aromatic carbocycles. The number of nitrogens with one attached hydrogen (secondary N) is 1. The second-order valence-electron chi connectivity index (χ2n) is 6.23. The van der Waals surface area contributed by atoms with E-state index in [2.05, 4.69) is 10.3 Å². The normalized spacial score (nSPS) is 12.9. The van der Waals surface area contributed by atoms with E-state index in [9.17, 15) is 18.0 Å². The number of nitrogens with zero attached hydrogens (tertiary/aromatic N) is 1. The van der Waals surface area contributed by atoms with E-state index in [0.29, 0.717) is 12.0 Å². The summed E-state index contributed by atoms with van der Waals surface area (Å²) in [5.41, 5.74) is 0.548. The molecule has 2 aromatic rings. The van der Waals surface area contributed by atoms with E-state index in [0.717, 1.165) is 17.8 Å². The summed E-state index contributed by atoms with van der Waals surface area (Å²) >= 11 is 0. The zero-order valence-electron chi connectivity index (χ0n) is 14.2. The number of rotatable bonds is 6. The van der Waals surface area contributed by atoms with Crippen molar-refractivity contribution in [1.29, 1.82) is 0 Å². The largest absolute Gasteiger partial charge is 0.416 e. The monoisotopic (exact) mass is 350 g/mol. The minimum Gasteiger partial charge on any atom is -0.349 e. The number of benzene rings is 1. The molecule has 1 unspecified atom stereocenters. The predicted molar refractivity (Wildman–Crippen MR) is 89.7 cm³/mol. The minimum absolute atomic E-state index is 0.0396. The molecule has 0 spiro atoms. The maximum absolute atomic E-state index is 12.9. The van der Waals surface area contributed by atoms with Gasteiger partial charge in [-0.15, -0.1) is 0 Å². The summed E-state index contributed by atoms with van der Waals surface area (Å²) in [5, 5.41) is 2.85. The second-order valence-corrected chi connectivity index (χ2v) is 6.23. The fraction of sp³-hybridized carbons (Fsp3) is 0.368. The molecule has 0 saturated heterocycles. The number of pyridine rings is 1. The number of carbonyl (C=O) groups is 1. The molecule has 1 amide bonds. The van der Waals surface area contributed by atoms with Gasteiger partial charge in [0, 0.05) is 18.3 Å². The highest BCUT2D eigenvalue weighted by atomic mass is 19.4. The fourth-order valence-corrected chi connectivity index (χ4v) is 2.58. The lowest BCUT2D eigenvalue weighted by molar-refractivity contribution is -0.137. The van der Waals surface area contributed by atoms with Crippen LogP contribution in [0.4, 0.5) is 13.2 Å². The van der Waals surface area contributed by atoms with Gasteiger partial charge in [-0.3, -0.25) is 9.78 Å². The van der Waals surface area contributed by atoms with Crippen LogP contribution in [0.25, 0.3) is 0 Å². The standard InChI is InChI=1S/C19H21F3N2O/c1-13(2)18(14-6-5-7-15(12-14)19(20,21)22)24-17(25)10-9-16-8-3-4-11-23-16/h3-8,11-13,18H,9-10H2,1-2H3,(H,24,25). The first-order chi connectivity index (χ1) is 11.8. The van der Waals surface area contributed by atoms with Crippen molar-refractivity contribution in [2.45, 2.75) is 38.9 Å². The van der Waals surface area contributed by atoms with Gasteiger partial charge in [0.2, 0.25) is 5.91 Å². The number of hydrogen-bond acceptors (Lipinski definition) is 2. The summed E-state index contributed by atoms with van der Waals surface area (Å²) in [6.07, 6.45) is -2.02. The molecule has 1 aromatic heterocycles. The Balaban J connectivity index is 2.07. The maximum atomic E-state index is 12.9. The zero-order chi connectivity index (χ0) is 18.4. The van der Waals surface area contributed by atoms with E-state index in [1.807, 2.05) is 26.0 Å². The van der Waals surface area contributed by atoms with Gasteiger partial charge < -0.3 is 5.32 Å². The highest BCUT2D eigenvalue weighted by Gasteiger charge is 2.31. The van der Waals surface area contributed by atoms with Gasteiger partial charge in [0.05, 0.1) is 11.6 Å². The summed E-state index contributed by atoms with van der Waals surface area (Å²) in [4.78, 5) is 16.4. The smallest absolute Gasteiger partial charge is 0.349 e. The predicted octanol–water partition coefficient (Wildman–Crippen LogP) is 4.55. The van der Waals surface area contributed by atoms with Crippen LogP contribution in [0.1, 0.15) is 43.1 Å². The highest BCUT2D eigenvalue weighted by molar-refractivity contribution is 5.76. The second kappa shape index (κ2) is 8.14. The number of amides is 1. The molecule has 0 bridgehead atoms. The molecule has 1 heterocycles. The van der Waals surface area contributed by atoms with E-state index < -0.39 is 17.8 Å². The van der Waals surface area contributed by atoms with Crippen LogP contribution in [-0.2, 0) is 17.4 Å². The number of carbonyl (C=O) groups excluding carboxylic acids is 1. The van der Waals surface area contributed by atoms with E-state index in [-0.39, 0.29) is 18.2 Å². The van der Waals surface area contributed by atoms with Crippen LogP contribution in [0.3, 0.4) is 0 Å². The SMILES string of the molecule is CC(C)C(NC(=O)CCc1ccccn1)c1cccc(C(F)(F)F)c1. The molecule has 0 aliphatic heterocycles. The first kappa shape index (κ1) is 19.0.